The van der Waals surface area contributed by atoms with Crippen LogP contribution >= 0.6 is 0 Å². The number of esters is 1. The first kappa shape index (κ1) is 26.4. The highest BCUT2D eigenvalue weighted by molar-refractivity contribution is 6.04. The highest BCUT2D eigenvalue weighted by Crippen LogP contribution is 2.74. The number of hydrogen-bond acceptors (Lipinski definition) is 5. The van der Waals surface area contributed by atoms with E-state index in [0.717, 1.165) is 50.5 Å². The summed E-state index contributed by atoms with van der Waals surface area (Å²) in [7, 11) is 1.48. The van der Waals surface area contributed by atoms with E-state index in [1.165, 1.54) is 7.11 Å². The molecule has 37 heavy (non-hydrogen) atoms. The normalized spacial score (nSPS) is 45.6. The molecule has 1 unspecified atom stereocenters. The van der Waals surface area contributed by atoms with Gasteiger partial charge in [-0.3, -0.25) is 14.4 Å². The smallest absolute Gasteiger partial charge is 0.312 e. The lowest BCUT2D eigenvalue weighted by atomic mass is 9.34. The number of Topliss-reactive ketones (excluding diaryl/α,β-unsaturated/α-hetero) is 1. The molecule has 0 radical (unpaired) electrons. The number of allylic oxidation sites excluding steroid dienone is 4. The van der Waals surface area contributed by atoms with Gasteiger partial charge in [-0.2, -0.15) is 5.26 Å². The van der Waals surface area contributed by atoms with Crippen LogP contribution in [0.2, 0.25) is 0 Å². The lowest BCUT2D eigenvalue weighted by molar-refractivity contribution is -0.191. The summed E-state index contributed by atoms with van der Waals surface area (Å²) in [5.41, 5.74) is -1.02. The van der Waals surface area contributed by atoms with Gasteiger partial charge in [-0.05, 0) is 79.1 Å². The van der Waals surface area contributed by atoms with Crippen molar-refractivity contribution in [2.24, 2.45) is 50.2 Å². The Hall–Kier alpha value is -2.22. The number of fused-ring (bicyclic) bond motifs is 7. The molecule has 5 heteroatoms. The van der Waals surface area contributed by atoms with Gasteiger partial charge in [0.1, 0.15) is 6.07 Å². The molecule has 0 spiro atoms. The van der Waals surface area contributed by atoms with Crippen LogP contribution < -0.4 is 0 Å². The molecule has 5 aliphatic carbocycles. The van der Waals surface area contributed by atoms with Crippen molar-refractivity contribution in [2.45, 2.75) is 93.4 Å². The highest BCUT2D eigenvalue weighted by atomic mass is 16.5. The van der Waals surface area contributed by atoms with Crippen LogP contribution in [0.5, 0.6) is 0 Å². The summed E-state index contributed by atoms with van der Waals surface area (Å²) in [6, 6.07) is 2.17. The van der Waals surface area contributed by atoms with E-state index < -0.39 is 16.2 Å². The number of methoxy groups -OCH3 is 1. The Labute approximate surface area is 222 Å². The Kier molecular flexibility index (Phi) is 5.47. The second-order valence-corrected chi connectivity index (χ2v) is 14.9. The van der Waals surface area contributed by atoms with Crippen LogP contribution in [0.25, 0.3) is 0 Å². The van der Waals surface area contributed by atoms with Crippen LogP contribution in [0.15, 0.2) is 23.3 Å². The molecule has 0 aromatic carbocycles. The first-order chi connectivity index (χ1) is 17.0. The van der Waals surface area contributed by atoms with Crippen LogP contribution in [0.3, 0.4) is 0 Å². The molecular weight excluding hydrogens is 462 g/mol. The van der Waals surface area contributed by atoms with Gasteiger partial charge in [0.2, 0.25) is 0 Å². The maximum Gasteiger partial charge on any atom is 0.312 e. The van der Waals surface area contributed by atoms with E-state index in [2.05, 4.69) is 40.7 Å². The molecule has 0 saturated heterocycles. The maximum absolute atomic E-state index is 14.4. The molecule has 3 saturated carbocycles. The van der Waals surface area contributed by atoms with Crippen molar-refractivity contribution in [3.8, 4) is 6.07 Å². The van der Waals surface area contributed by atoms with Crippen molar-refractivity contribution in [2.75, 3.05) is 7.11 Å². The lowest BCUT2D eigenvalue weighted by Gasteiger charge is -2.68. The summed E-state index contributed by atoms with van der Waals surface area (Å²) in [5.74, 6) is -0.376. The quantitative estimate of drug-likeness (QED) is 0.386. The van der Waals surface area contributed by atoms with Gasteiger partial charge in [0.25, 0.3) is 0 Å². The molecule has 0 aromatic rings. The molecule has 5 aliphatic rings. The van der Waals surface area contributed by atoms with Crippen LogP contribution in [-0.4, -0.2) is 24.6 Å². The van der Waals surface area contributed by atoms with Crippen LogP contribution in [0.4, 0.5) is 0 Å². The molecule has 0 N–H and O–H groups in total. The predicted molar refractivity (Wildman–Crippen MR) is 141 cm³/mol. The third kappa shape index (κ3) is 3.11. The minimum absolute atomic E-state index is 0.0308. The number of nitriles is 1. The zero-order valence-electron chi connectivity index (χ0n) is 23.9. The largest absolute Gasteiger partial charge is 0.469 e. The van der Waals surface area contributed by atoms with Crippen LogP contribution in [0.1, 0.15) is 93.4 Å². The first-order valence-electron chi connectivity index (χ1n) is 14.1. The molecule has 7 atom stereocenters. The van der Waals surface area contributed by atoms with Crippen LogP contribution in [0, 0.1) is 61.6 Å². The van der Waals surface area contributed by atoms with Gasteiger partial charge >= 0.3 is 5.97 Å². The second kappa shape index (κ2) is 7.67. The van der Waals surface area contributed by atoms with E-state index in [-0.39, 0.29) is 57.1 Å². The zero-order valence-corrected chi connectivity index (χ0v) is 23.9. The fourth-order valence-electron chi connectivity index (χ4n) is 10.2. The Bertz CT molecular complexity index is 1200. The third-order valence-electron chi connectivity index (χ3n) is 12.5. The number of rotatable bonds is 1. The summed E-state index contributed by atoms with van der Waals surface area (Å²) in [6.07, 6.45) is 9.65. The van der Waals surface area contributed by atoms with Crippen molar-refractivity contribution >= 4 is 17.5 Å². The molecule has 0 aromatic heterocycles. The number of hydrogen-bond donors (Lipinski definition) is 0. The predicted octanol–water partition coefficient (Wildman–Crippen LogP) is 6.38. The summed E-state index contributed by atoms with van der Waals surface area (Å²) < 4.78 is 5.41. The average molecular weight is 506 g/mol. The number of nitrogens with zero attached hydrogens (tertiary/aromatic N) is 1. The van der Waals surface area contributed by atoms with Crippen LogP contribution in [-0.2, 0) is 19.1 Å². The van der Waals surface area contributed by atoms with E-state index >= 15 is 0 Å². The topological polar surface area (TPSA) is 84.2 Å². The standard InChI is InChI=1S/C32H43NO4/c1-27(2)11-13-32(26(36)37-8)14-12-31(7)24(20(32)17-27)21(34)15-23-29(5)16-19(18-33)25(35)28(3,4)22(29)9-10-30(23,31)6/h15-16,20,22,24H,9-14,17H2,1-8H3/t20-,22?,24+,29+,30-,31-,32+/m1/s1. The lowest BCUT2D eigenvalue weighted by Crippen LogP contribution is -2.65. The summed E-state index contributed by atoms with van der Waals surface area (Å²) in [5, 5.41) is 9.86. The van der Waals surface area contributed by atoms with E-state index in [1.54, 1.807) is 0 Å². The van der Waals surface area contributed by atoms with Crippen molar-refractivity contribution in [3.63, 3.8) is 0 Å². The molecule has 0 bridgehead atoms. The fourth-order valence-corrected chi connectivity index (χ4v) is 10.2. The average Bonchev–Trinajstić information content (AvgIpc) is 2.82. The Balaban J connectivity index is 1.71. The van der Waals surface area contributed by atoms with Crippen molar-refractivity contribution in [3.05, 3.63) is 23.3 Å². The molecule has 3 fully saturated rings. The number of carbonyl (C=O) groups excluding carboxylic acids is 3. The molecule has 5 nitrogen and oxygen atoms in total. The van der Waals surface area contributed by atoms with E-state index in [0.29, 0.717) is 0 Å². The fraction of sp³-hybridized carbons (Fsp3) is 0.750. The Morgan fingerprint density at radius 1 is 1.00 bits per heavy atom. The maximum atomic E-state index is 14.4. The SMILES string of the molecule is COC(=O)[C@]12CCC(C)(C)C[C@@H]1[C@H]1C(=O)C=C3[C@@]4(C)C=C(C#N)C(=O)C(C)(C)C4CC[C@@]3(C)[C@]1(C)CC2. The van der Waals surface area contributed by atoms with Gasteiger partial charge in [0.15, 0.2) is 11.6 Å². The summed E-state index contributed by atoms with van der Waals surface area (Å²) in [6.45, 7) is 15.2. The Morgan fingerprint density at radius 3 is 2.27 bits per heavy atom. The molecule has 0 amide bonds. The Morgan fingerprint density at radius 2 is 1.65 bits per heavy atom. The van der Waals surface area contributed by atoms with E-state index in [1.807, 2.05) is 26.0 Å². The minimum atomic E-state index is -0.669. The monoisotopic (exact) mass is 505 g/mol. The number of carbonyl (C=O) groups is 3. The molecule has 0 aliphatic heterocycles. The summed E-state index contributed by atoms with van der Waals surface area (Å²) >= 11 is 0. The minimum Gasteiger partial charge on any atom is -0.469 e. The van der Waals surface area contributed by atoms with Gasteiger partial charge in [-0.25, -0.2) is 0 Å². The van der Waals surface area contributed by atoms with Crippen molar-refractivity contribution in [1.29, 1.82) is 5.26 Å². The van der Waals surface area contributed by atoms with Gasteiger partial charge in [-0.15, -0.1) is 0 Å². The summed E-state index contributed by atoms with van der Waals surface area (Å²) in [4.78, 5) is 40.9. The molecule has 5 rings (SSSR count). The van der Waals surface area contributed by atoms with Gasteiger partial charge < -0.3 is 4.74 Å². The zero-order chi connectivity index (χ0) is 27.4. The van der Waals surface area contributed by atoms with Gasteiger partial charge in [0, 0.05) is 16.7 Å². The van der Waals surface area contributed by atoms with E-state index in [9.17, 15) is 19.6 Å². The first-order valence-corrected chi connectivity index (χ1v) is 14.1. The van der Waals surface area contributed by atoms with Gasteiger partial charge in [-0.1, -0.05) is 60.1 Å². The van der Waals surface area contributed by atoms with Crippen molar-refractivity contribution in [1.82, 2.24) is 0 Å². The van der Waals surface area contributed by atoms with Crippen molar-refractivity contribution < 1.29 is 19.1 Å². The number of ether oxygens (including phenoxy) is 1. The molecular formula is C32H43NO4. The van der Waals surface area contributed by atoms with E-state index in [4.69, 9.17) is 4.74 Å². The van der Waals surface area contributed by atoms with Gasteiger partial charge in [0.05, 0.1) is 18.1 Å². The second-order valence-electron chi connectivity index (χ2n) is 14.9. The molecule has 0 heterocycles. The third-order valence-corrected chi connectivity index (χ3v) is 12.5. The highest BCUT2D eigenvalue weighted by Gasteiger charge is 2.71. The number of ketones is 2. The molecule has 200 valence electrons.